The number of nitrogens with zero attached hydrogens (tertiary/aromatic N) is 2. The minimum absolute atomic E-state index is 0.465. The van der Waals surface area contributed by atoms with E-state index in [0.717, 1.165) is 15.6 Å². The van der Waals surface area contributed by atoms with Crippen LogP contribution in [0.1, 0.15) is 11.4 Å². The molecular weight excluding hydrogens is 354 g/mol. The highest BCUT2D eigenvalue weighted by Gasteiger charge is 2.10. The molecule has 0 unspecified atom stereocenters. The highest BCUT2D eigenvalue weighted by molar-refractivity contribution is 9.10. The molecule has 0 aliphatic carbocycles. The van der Waals surface area contributed by atoms with Gasteiger partial charge in [-0.2, -0.15) is 4.98 Å². The van der Waals surface area contributed by atoms with E-state index in [0.29, 0.717) is 28.8 Å². The van der Waals surface area contributed by atoms with E-state index in [1.807, 2.05) is 36.4 Å². The van der Waals surface area contributed by atoms with Gasteiger partial charge in [0.1, 0.15) is 0 Å². The lowest BCUT2D eigenvalue weighted by Gasteiger charge is -1.99. The molecule has 6 heteroatoms. The first-order valence-electron chi connectivity index (χ1n) is 6.24. The van der Waals surface area contributed by atoms with Gasteiger partial charge in [-0.1, -0.05) is 28.9 Å². The first kappa shape index (κ1) is 14.1. The van der Waals surface area contributed by atoms with Crippen LogP contribution in [0.15, 0.2) is 51.5 Å². The maximum absolute atomic E-state index is 5.96. The quantitative estimate of drug-likeness (QED) is 0.703. The number of nitrogen functional groups attached to an aromatic ring is 1. The Kier molecular flexibility index (Phi) is 3.94. The van der Waals surface area contributed by atoms with E-state index in [2.05, 4.69) is 26.1 Å². The summed E-state index contributed by atoms with van der Waals surface area (Å²) >= 11 is 9.35. The van der Waals surface area contributed by atoms with Crippen LogP contribution in [0.25, 0.3) is 11.5 Å². The normalized spacial score (nSPS) is 10.8. The van der Waals surface area contributed by atoms with Crippen molar-refractivity contribution in [3.63, 3.8) is 0 Å². The van der Waals surface area contributed by atoms with Crippen molar-refractivity contribution >= 4 is 33.2 Å². The van der Waals surface area contributed by atoms with E-state index in [4.69, 9.17) is 21.9 Å². The summed E-state index contributed by atoms with van der Waals surface area (Å²) in [4.78, 5) is 4.39. The maximum atomic E-state index is 5.96. The summed E-state index contributed by atoms with van der Waals surface area (Å²) in [5, 5.41) is 4.69. The highest BCUT2D eigenvalue weighted by atomic mass is 79.9. The lowest BCUT2D eigenvalue weighted by atomic mass is 10.1. The summed E-state index contributed by atoms with van der Waals surface area (Å²) in [7, 11) is 0. The van der Waals surface area contributed by atoms with Crippen LogP contribution in [-0.2, 0) is 6.42 Å². The van der Waals surface area contributed by atoms with Crippen molar-refractivity contribution in [3.05, 3.63) is 63.3 Å². The molecule has 0 amide bonds. The Morgan fingerprint density at radius 2 is 2.05 bits per heavy atom. The molecule has 1 aromatic heterocycles. The second-order valence-corrected chi connectivity index (χ2v) is 5.85. The number of hydrogen-bond donors (Lipinski definition) is 1. The van der Waals surface area contributed by atoms with Crippen LogP contribution in [-0.4, -0.2) is 10.1 Å². The number of rotatable bonds is 3. The van der Waals surface area contributed by atoms with Gasteiger partial charge in [-0.15, -0.1) is 0 Å². The molecule has 0 atom stereocenters. The minimum Gasteiger partial charge on any atom is -0.398 e. The van der Waals surface area contributed by atoms with E-state index < -0.39 is 0 Å². The lowest BCUT2D eigenvalue weighted by Crippen LogP contribution is -1.91. The average molecular weight is 365 g/mol. The molecule has 0 fully saturated rings. The molecule has 0 saturated heterocycles. The van der Waals surface area contributed by atoms with E-state index >= 15 is 0 Å². The average Bonchev–Trinajstić information content (AvgIpc) is 2.90. The molecule has 0 aliphatic heterocycles. The Morgan fingerprint density at radius 1 is 1.19 bits per heavy atom. The summed E-state index contributed by atoms with van der Waals surface area (Å²) in [5.41, 5.74) is 8.28. The van der Waals surface area contributed by atoms with Crippen molar-refractivity contribution in [3.8, 4) is 11.5 Å². The molecule has 4 nitrogen and oxygen atoms in total. The first-order valence-corrected chi connectivity index (χ1v) is 7.41. The van der Waals surface area contributed by atoms with Crippen molar-refractivity contribution in [1.29, 1.82) is 0 Å². The van der Waals surface area contributed by atoms with Gasteiger partial charge in [-0.3, -0.25) is 0 Å². The second-order valence-electron chi connectivity index (χ2n) is 4.56. The van der Waals surface area contributed by atoms with Gasteiger partial charge < -0.3 is 10.3 Å². The third kappa shape index (κ3) is 3.25. The molecule has 0 saturated carbocycles. The minimum atomic E-state index is 0.465. The van der Waals surface area contributed by atoms with E-state index in [1.165, 1.54) is 0 Å². The summed E-state index contributed by atoms with van der Waals surface area (Å²) in [5.74, 6) is 1.08. The molecule has 1 heterocycles. The lowest BCUT2D eigenvalue weighted by molar-refractivity contribution is 0.424. The zero-order valence-corrected chi connectivity index (χ0v) is 13.2. The van der Waals surface area contributed by atoms with Gasteiger partial charge in [-0.05, 0) is 51.8 Å². The van der Waals surface area contributed by atoms with Gasteiger partial charge in [0.25, 0.3) is 5.89 Å². The van der Waals surface area contributed by atoms with E-state index in [9.17, 15) is 0 Å². The molecule has 3 rings (SSSR count). The number of nitrogens with two attached hydrogens (primary N) is 1. The second kappa shape index (κ2) is 5.87. The molecule has 0 aliphatic rings. The van der Waals surface area contributed by atoms with Crippen molar-refractivity contribution < 1.29 is 4.52 Å². The van der Waals surface area contributed by atoms with Gasteiger partial charge in [0, 0.05) is 27.2 Å². The van der Waals surface area contributed by atoms with Crippen LogP contribution in [0.5, 0.6) is 0 Å². The van der Waals surface area contributed by atoms with Crippen molar-refractivity contribution in [2.24, 2.45) is 0 Å². The molecule has 3 aromatic rings. The molecule has 0 radical (unpaired) electrons. The Morgan fingerprint density at radius 3 is 2.81 bits per heavy atom. The fourth-order valence-corrected chi connectivity index (χ4v) is 2.52. The molecule has 21 heavy (non-hydrogen) atoms. The van der Waals surface area contributed by atoms with Crippen molar-refractivity contribution in [1.82, 2.24) is 10.1 Å². The summed E-state index contributed by atoms with van der Waals surface area (Å²) < 4.78 is 6.09. The van der Waals surface area contributed by atoms with Crippen molar-refractivity contribution in [2.45, 2.75) is 6.42 Å². The molecule has 0 bridgehead atoms. The van der Waals surface area contributed by atoms with Gasteiger partial charge in [-0.25, -0.2) is 0 Å². The maximum Gasteiger partial charge on any atom is 0.257 e. The zero-order chi connectivity index (χ0) is 14.8. The van der Waals surface area contributed by atoms with Gasteiger partial charge >= 0.3 is 0 Å². The summed E-state index contributed by atoms with van der Waals surface area (Å²) in [6, 6.07) is 13.1. The first-order chi connectivity index (χ1) is 10.1. The SMILES string of the molecule is Nc1ccc(-c2nc(Cc3cccc(Cl)c3)no2)cc1Br. The number of hydrogen-bond acceptors (Lipinski definition) is 4. The third-order valence-corrected chi connectivity index (χ3v) is 3.89. The highest BCUT2D eigenvalue weighted by Crippen LogP contribution is 2.26. The van der Waals surface area contributed by atoms with Crippen LogP contribution < -0.4 is 5.73 Å². The van der Waals surface area contributed by atoms with E-state index in [1.54, 1.807) is 6.07 Å². The molecule has 2 aromatic carbocycles. The Hall–Kier alpha value is -1.85. The molecule has 0 spiro atoms. The van der Waals surface area contributed by atoms with Crippen LogP contribution in [0.2, 0.25) is 5.02 Å². The third-order valence-electron chi connectivity index (χ3n) is 2.97. The monoisotopic (exact) mass is 363 g/mol. The van der Waals surface area contributed by atoms with Crippen LogP contribution in [0.3, 0.4) is 0 Å². The standard InChI is InChI=1S/C15H11BrClN3O/c16-12-8-10(4-5-13(12)18)15-19-14(20-21-15)7-9-2-1-3-11(17)6-9/h1-6,8H,7,18H2. The van der Waals surface area contributed by atoms with Gasteiger partial charge in [0.2, 0.25) is 0 Å². The Bertz CT molecular complexity index is 788. The van der Waals surface area contributed by atoms with Crippen molar-refractivity contribution in [2.75, 3.05) is 5.73 Å². The van der Waals surface area contributed by atoms with Gasteiger partial charge in [0.15, 0.2) is 5.82 Å². The van der Waals surface area contributed by atoms with Crippen LogP contribution >= 0.6 is 27.5 Å². The largest absolute Gasteiger partial charge is 0.398 e. The number of benzene rings is 2. The topological polar surface area (TPSA) is 64.9 Å². The van der Waals surface area contributed by atoms with Gasteiger partial charge in [0.05, 0.1) is 0 Å². The number of aromatic nitrogens is 2. The fourth-order valence-electron chi connectivity index (χ4n) is 1.93. The predicted octanol–water partition coefficient (Wildman–Crippen LogP) is 4.33. The zero-order valence-electron chi connectivity index (χ0n) is 10.9. The summed E-state index contributed by atoms with van der Waals surface area (Å²) in [6.45, 7) is 0. The predicted molar refractivity (Wildman–Crippen MR) is 86.1 cm³/mol. The smallest absolute Gasteiger partial charge is 0.257 e. The Labute approximate surface area is 135 Å². The molecular formula is C15H11BrClN3O. The Balaban J connectivity index is 1.84. The number of anilines is 1. The molecule has 106 valence electrons. The van der Waals surface area contributed by atoms with E-state index in [-0.39, 0.29) is 0 Å². The number of halogens is 2. The van der Waals surface area contributed by atoms with Crippen LogP contribution in [0, 0.1) is 0 Å². The fraction of sp³-hybridized carbons (Fsp3) is 0.0667. The van der Waals surface area contributed by atoms with Crippen LogP contribution in [0.4, 0.5) is 5.69 Å². The molecule has 2 N–H and O–H groups in total. The summed E-state index contributed by atoms with van der Waals surface area (Å²) in [6.07, 6.45) is 0.570.